The normalized spacial score (nSPS) is 15.5. The van der Waals surface area contributed by atoms with Gasteiger partial charge in [-0.05, 0) is 55.0 Å². The number of Topliss-reactive ketones (excluding diaryl/α,β-unsaturated/α-hetero) is 1. The number of hydrogen-bond donors (Lipinski definition) is 1. The Morgan fingerprint density at radius 3 is 2.69 bits per heavy atom. The number of aromatic nitrogens is 1. The molecule has 1 atom stereocenters. The first-order chi connectivity index (χ1) is 18.9. The molecular formula is C29H21BrN2O6S. The summed E-state index contributed by atoms with van der Waals surface area (Å²) < 4.78 is 18.5. The van der Waals surface area contributed by atoms with Gasteiger partial charge in [0.15, 0.2) is 28.0 Å². The van der Waals surface area contributed by atoms with E-state index in [1.165, 1.54) is 23.3 Å². The van der Waals surface area contributed by atoms with Crippen molar-refractivity contribution in [2.24, 2.45) is 0 Å². The third-order valence-corrected chi connectivity index (χ3v) is 8.00. The van der Waals surface area contributed by atoms with E-state index >= 15 is 0 Å². The summed E-state index contributed by atoms with van der Waals surface area (Å²) in [6.45, 7) is 2.42. The van der Waals surface area contributed by atoms with Crippen LogP contribution in [0.25, 0.3) is 21.2 Å². The van der Waals surface area contributed by atoms with Crippen LogP contribution in [-0.4, -0.2) is 35.5 Å². The number of halogens is 1. The fourth-order valence-electron chi connectivity index (χ4n) is 4.69. The Morgan fingerprint density at radius 2 is 1.95 bits per heavy atom. The summed E-state index contributed by atoms with van der Waals surface area (Å²) in [7, 11) is 1.51. The second-order valence-corrected chi connectivity index (χ2v) is 10.7. The first-order valence-electron chi connectivity index (χ1n) is 12.1. The molecule has 0 bridgehead atoms. The van der Waals surface area contributed by atoms with Gasteiger partial charge in [0.05, 0.1) is 35.5 Å². The highest BCUT2D eigenvalue weighted by molar-refractivity contribution is 9.10. The highest BCUT2D eigenvalue weighted by atomic mass is 79.9. The van der Waals surface area contributed by atoms with E-state index in [0.717, 1.165) is 9.17 Å². The molecule has 5 aromatic rings. The van der Waals surface area contributed by atoms with Crippen LogP contribution in [0.4, 0.5) is 5.13 Å². The molecule has 10 heteroatoms. The van der Waals surface area contributed by atoms with Gasteiger partial charge in [-0.2, -0.15) is 0 Å². The summed E-state index contributed by atoms with van der Waals surface area (Å²) >= 11 is 4.71. The molecule has 0 saturated heterocycles. The van der Waals surface area contributed by atoms with Crippen LogP contribution in [0.2, 0.25) is 0 Å². The zero-order valence-electron chi connectivity index (χ0n) is 20.8. The molecule has 1 aliphatic rings. The second-order valence-electron chi connectivity index (χ2n) is 8.77. The van der Waals surface area contributed by atoms with Crippen LogP contribution in [-0.2, 0) is 4.79 Å². The Hall–Kier alpha value is -4.15. The summed E-state index contributed by atoms with van der Waals surface area (Å²) in [6.07, 6.45) is 0. The van der Waals surface area contributed by atoms with Crippen molar-refractivity contribution in [3.63, 3.8) is 0 Å². The van der Waals surface area contributed by atoms with Gasteiger partial charge >= 0.3 is 0 Å². The quantitative estimate of drug-likeness (QED) is 0.200. The van der Waals surface area contributed by atoms with Crippen molar-refractivity contribution in [1.29, 1.82) is 0 Å². The van der Waals surface area contributed by atoms with Crippen molar-refractivity contribution in [3.8, 4) is 11.5 Å². The summed E-state index contributed by atoms with van der Waals surface area (Å²) in [5, 5.41) is 12.1. The number of fused-ring (bicyclic) bond motifs is 2. The van der Waals surface area contributed by atoms with Gasteiger partial charge in [-0.15, -0.1) is 0 Å². The van der Waals surface area contributed by atoms with Crippen LogP contribution in [0, 0.1) is 0 Å². The van der Waals surface area contributed by atoms with E-state index in [1.807, 2.05) is 37.3 Å². The maximum Gasteiger partial charge on any atom is 0.296 e. The fraction of sp³-hybridized carbons (Fsp3) is 0.138. The van der Waals surface area contributed by atoms with Crippen molar-refractivity contribution in [2.45, 2.75) is 13.0 Å². The highest BCUT2D eigenvalue weighted by Gasteiger charge is 2.46. The summed E-state index contributed by atoms with van der Waals surface area (Å²) in [6, 6.07) is 18.7. The third kappa shape index (κ3) is 4.25. The monoisotopic (exact) mass is 604 g/mol. The van der Waals surface area contributed by atoms with Crippen LogP contribution < -0.4 is 14.4 Å². The van der Waals surface area contributed by atoms with Crippen LogP contribution in [0.5, 0.6) is 11.5 Å². The predicted octanol–water partition coefficient (Wildman–Crippen LogP) is 7.00. The number of benzene rings is 3. The summed E-state index contributed by atoms with van der Waals surface area (Å²) in [5.74, 6) is -0.819. The third-order valence-electron chi connectivity index (χ3n) is 6.46. The van der Waals surface area contributed by atoms with Crippen molar-refractivity contribution < 1.29 is 28.6 Å². The SMILES string of the molecule is CCOc1ccc2nc(N3C(=O)C(O)=C(C(=O)c4cc5cccc(OC)c5o4)C3c3ccc(Br)cc3)sc2c1. The van der Waals surface area contributed by atoms with Crippen LogP contribution in [0.15, 0.2) is 87.0 Å². The average molecular weight is 605 g/mol. The maximum absolute atomic E-state index is 13.9. The molecule has 1 N–H and O–H groups in total. The molecule has 39 heavy (non-hydrogen) atoms. The van der Waals surface area contributed by atoms with Gasteiger partial charge in [-0.25, -0.2) is 4.98 Å². The number of ketones is 1. The molecule has 0 saturated carbocycles. The van der Waals surface area contributed by atoms with E-state index in [-0.39, 0.29) is 11.3 Å². The molecule has 196 valence electrons. The number of aliphatic hydroxyl groups excluding tert-OH is 1. The number of nitrogens with zero attached hydrogens (tertiary/aromatic N) is 2. The number of hydrogen-bond acceptors (Lipinski definition) is 8. The minimum atomic E-state index is -0.930. The molecule has 3 aromatic carbocycles. The first kappa shape index (κ1) is 25.1. The zero-order valence-corrected chi connectivity index (χ0v) is 23.2. The molecule has 3 heterocycles. The lowest BCUT2D eigenvalue weighted by atomic mass is 9.95. The molecule has 0 aliphatic carbocycles. The molecule has 2 aromatic heterocycles. The number of carbonyl (C=O) groups is 2. The number of anilines is 1. The summed E-state index contributed by atoms with van der Waals surface area (Å²) in [4.78, 5) is 33.5. The molecule has 1 unspecified atom stereocenters. The van der Waals surface area contributed by atoms with Gasteiger partial charge in [-0.1, -0.05) is 51.5 Å². The number of methoxy groups -OCH3 is 1. The van der Waals surface area contributed by atoms with Gasteiger partial charge in [0.1, 0.15) is 5.75 Å². The lowest BCUT2D eigenvalue weighted by Crippen LogP contribution is -2.30. The lowest BCUT2D eigenvalue weighted by Gasteiger charge is -2.24. The Bertz CT molecular complexity index is 1790. The number of aliphatic hydroxyl groups is 1. The highest BCUT2D eigenvalue weighted by Crippen LogP contribution is 2.45. The fourth-order valence-corrected chi connectivity index (χ4v) is 5.97. The molecule has 1 aliphatic heterocycles. The van der Waals surface area contributed by atoms with Crippen LogP contribution >= 0.6 is 27.3 Å². The van der Waals surface area contributed by atoms with Crippen molar-refractivity contribution in [1.82, 2.24) is 4.98 Å². The number of rotatable bonds is 7. The van der Waals surface area contributed by atoms with E-state index in [0.29, 0.717) is 45.3 Å². The molecule has 6 rings (SSSR count). The number of carbonyl (C=O) groups excluding carboxylic acids is 2. The predicted molar refractivity (Wildman–Crippen MR) is 152 cm³/mol. The molecular weight excluding hydrogens is 584 g/mol. The second kappa shape index (κ2) is 9.87. The van der Waals surface area contributed by atoms with E-state index < -0.39 is 23.5 Å². The van der Waals surface area contributed by atoms with Gasteiger partial charge in [-0.3, -0.25) is 14.5 Å². The van der Waals surface area contributed by atoms with Gasteiger partial charge in [0, 0.05) is 9.86 Å². The Labute approximate surface area is 235 Å². The lowest BCUT2D eigenvalue weighted by molar-refractivity contribution is -0.117. The molecule has 1 amide bonds. The standard InChI is InChI=1S/C29H21BrN2O6S/c1-3-37-18-11-12-19-22(14-18)39-29(31-19)32-24(15-7-9-17(30)10-8-15)23(26(34)28(32)35)25(33)21-13-16-5-4-6-20(36-2)27(16)38-21/h4-14,24,34H,3H2,1-2H3. The molecule has 0 radical (unpaired) electrons. The van der Waals surface area contributed by atoms with E-state index in [4.69, 9.17) is 13.9 Å². The van der Waals surface area contributed by atoms with Gasteiger partial charge < -0.3 is 19.0 Å². The van der Waals surface area contributed by atoms with Crippen molar-refractivity contribution in [2.75, 3.05) is 18.6 Å². The number of ether oxygens (including phenoxy) is 2. The number of furan rings is 1. The number of para-hydroxylation sites is 1. The van der Waals surface area contributed by atoms with E-state index in [2.05, 4.69) is 20.9 Å². The maximum atomic E-state index is 13.9. The number of amides is 1. The largest absolute Gasteiger partial charge is 0.503 e. The topological polar surface area (TPSA) is 102 Å². The zero-order chi connectivity index (χ0) is 27.3. The molecule has 0 spiro atoms. The van der Waals surface area contributed by atoms with Crippen molar-refractivity contribution in [3.05, 3.63) is 93.9 Å². The minimum Gasteiger partial charge on any atom is -0.503 e. The summed E-state index contributed by atoms with van der Waals surface area (Å²) in [5.41, 5.74) is 1.61. The van der Waals surface area contributed by atoms with E-state index in [9.17, 15) is 14.7 Å². The Morgan fingerprint density at radius 1 is 1.15 bits per heavy atom. The Kier molecular flexibility index (Phi) is 6.36. The van der Waals surface area contributed by atoms with Gasteiger partial charge in [0.2, 0.25) is 5.78 Å². The van der Waals surface area contributed by atoms with Crippen molar-refractivity contribution >= 4 is 65.3 Å². The molecule has 0 fully saturated rings. The number of thiazole rings is 1. The smallest absolute Gasteiger partial charge is 0.296 e. The first-order valence-corrected chi connectivity index (χ1v) is 13.7. The minimum absolute atomic E-state index is 0.0153. The average Bonchev–Trinajstić information content (AvgIpc) is 3.63. The molecule has 8 nitrogen and oxygen atoms in total. The van der Waals surface area contributed by atoms with Crippen LogP contribution in [0.3, 0.4) is 0 Å². The Balaban J connectivity index is 1.48. The van der Waals surface area contributed by atoms with E-state index in [1.54, 1.807) is 36.4 Å². The van der Waals surface area contributed by atoms with Crippen LogP contribution in [0.1, 0.15) is 29.1 Å². The van der Waals surface area contributed by atoms with Gasteiger partial charge in [0.25, 0.3) is 5.91 Å².